The number of nitrogens with zero attached hydrogens (tertiary/aromatic N) is 2. The van der Waals surface area contributed by atoms with Crippen LogP contribution in [-0.4, -0.2) is 35.8 Å². The largest absolute Gasteiger partial charge is 0.504 e. The normalized spacial score (nSPS) is 29.7. The highest BCUT2D eigenvalue weighted by Gasteiger charge is 2.67. The monoisotopic (exact) mass is 688 g/mol. The Morgan fingerprint density at radius 3 is 2.12 bits per heavy atom. The molecule has 9 heteroatoms. The van der Waals surface area contributed by atoms with Crippen LogP contribution in [-0.2, 0) is 19.2 Å². The van der Waals surface area contributed by atoms with E-state index in [9.17, 15) is 24.3 Å². The number of carbonyl (C=O) groups is 4. The number of carbonyl (C=O) groups excluding carboxylic acids is 4. The maximum Gasteiger partial charge on any atom is 0.241 e. The number of ether oxygens (including phenoxy) is 1. The van der Waals surface area contributed by atoms with E-state index < -0.39 is 35.0 Å². The predicted octanol–water partition coefficient (Wildman–Crippen LogP) is 5.44. The van der Waals surface area contributed by atoms with E-state index >= 15 is 0 Å². The van der Waals surface area contributed by atoms with Gasteiger partial charge in [-0.3, -0.25) is 24.1 Å². The van der Waals surface area contributed by atoms with Crippen LogP contribution in [0.25, 0.3) is 0 Å². The molecule has 7 rings (SSSR count). The zero-order valence-electron chi connectivity index (χ0n) is 23.6. The minimum Gasteiger partial charge on any atom is -0.504 e. The van der Waals surface area contributed by atoms with Crippen LogP contribution in [0.4, 0.5) is 11.4 Å². The van der Waals surface area contributed by atoms with Crippen LogP contribution in [0.15, 0.2) is 84.4 Å². The van der Waals surface area contributed by atoms with Crippen LogP contribution in [0.1, 0.15) is 31.2 Å². The molecule has 2 heterocycles. The average Bonchev–Trinajstić information content (AvgIpc) is 3.38. The number of hydrogen-bond donors (Lipinski definition) is 1. The molecule has 43 heavy (non-hydrogen) atoms. The first-order valence-corrected chi connectivity index (χ1v) is 15.4. The molecule has 2 aliphatic carbocycles. The van der Waals surface area contributed by atoms with Crippen molar-refractivity contribution in [2.75, 3.05) is 16.9 Å². The maximum absolute atomic E-state index is 14.5. The second-order valence-electron chi connectivity index (χ2n) is 11.9. The molecule has 0 radical (unpaired) electrons. The summed E-state index contributed by atoms with van der Waals surface area (Å²) < 4.78 is 6.04. The number of methoxy groups -OCH3 is 1. The summed E-state index contributed by atoms with van der Waals surface area (Å²) in [5, 5.41) is 10.6. The Labute approximate surface area is 262 Å². The first kappa shape index (κ1) is 27.8. The topological polar surface area (TPSA) is 104 Å². The molecule has 4 aliphatic rings. The van der Waals surface area contributed by atoms with E-state index in [1.807, 2.05) is 53.8 Å². The van der Waals surface area contributed by atoms with Gasteiger partial charge in [0.15, 0.2) is 11.5 Å². The molecular formula is C34H29IN2O6. The van der Waals surface area contributed by atoms with Crippen molar-refractivity contribution in [3.05, 3.63) is 93.6 Å². The van der Waals surface area contributed by atoms with Gasteiger partial charge < -0.3 is 9.84 Å². The lowest BCUT2D eigenvalue weighted by Crippen LogP contribution is -2.48. The lowest BCUT2D eigenvalue weighted by molar-refractivity contribution is -0.131. The Balaban J connectivity index is 1.40. The fourth-order valence-electron chi connectivity index (χ4n) is 7.97. The first-order valence-electron chi connectivity index (χ1n) is 14.3. The lowest BCUT2D eigenvalue weighted by Gasteiger charge is -2.49. The van der Waals surface area contributed by atoms with Gasteiger partial charge in [0.1, 0.15) is 0 Å². The number of rotatable bonds is 4. The van der Waals surface area contributed by atoms with E-state index in [4.69, 9.17) is 4.74 Å². The molecule has 6 atom stereocenters. The van der Waals surface area contributed by atoms with Crippen LogP contribution in [0, 0.1) is 32.7 Å². The van der Waals surface area contributed by atoms with Crippen LogP contribution in [0.5, 0.6) is 11.5 Å². The Kier molecular flexibility index (Phi) is 6.50. The van der Waals surface area contributed by atoms with Gasteiger partial charge in [0, 0.05) is 5.92 Å². The number of phenolic OH excluding ortho intramolecular Hbond substituents is 1. The molecule has 3 aromatic rings. The molecule has 0 bridgehead atoms. The van der Waals surface area contributed by atoms with Crippen LogP contribution in [0.3, 0.4) is 0 Å². The summed E-state index contributed by atoms with van der Waals surface area (Å²) in [5.74, 6) is -3.77. The minimum absolute atomic E-state index is 0.00610. The average molecular weight is 689 g/mol. The molecule has 2 saturated heterocycles. The third-order valence-corrected chi connectivity index (χ3v) is 10.7. The number of aromatic hydroxyl groups is 1. The highest BCUT2D eigenvalue weighted by molar-refractivity contribution is 14.1. The zero-order valence-corrected chi connectivity index (χ0v) is 25.7. The number of allylic oxidation sites excluding steroid dienone is 2. The third-order valence-electron chi connectivity index (χ3n) is 9.91. The molecule has 6 unspecified atom stereocenters. The SMILES string of the molecule is COc1cc(C2C3=CCC4C(=O)N(c5ccccc5)C(=O)C4C3CC3C(=O)N(c4ccccc4)C(=O)C32C)cc(I)c1O. The highest BCUT2D eigenvalue weighted by Crippen LogP contribution is 2.64. The molecule has 1 saturated carbocycles. The summed E-state index contributed by atoms with van der Waals surface area (Å²) in [6, 6.07) is 21.4. The molecule has 2 aliphatic heterocycles. The minimum atomic E-state index is -1.17. The van der Waals surface area contributed by atoms with Crippen molar-refractivity contribution < 1.29 is 29.0 Å². The van der Waals surface area contributed by atoms with Crippen molar-refractivity contribution in [3.63, 3.8) is 0 Å². The molecule has 4 amide bonds. The van der Waals surface area contributed by atoms with E-state index in [-0.39, 0.29) is 41.5 Å². The van der Waals surface area contributed by atoms with Gasteiger partial charge in [-0.2, -0.15) is 0 Å². The molecule has 218 valence electrons. The van der Waals surface area contributed by atoms with E-state index in [0.717, 1.165) is 5.57 Å². The van der Waals surface area contributed by atoms with Gasteiger partial charge in [-0.05, 0) is 90.2 Å². The number of anilines is 2. The lowest BCUT2D eigenvalue weighted by atomic mass is 9.51. The molecule has 8 nitrogen and oxygen atoms in total. The van der Waals surface area contributed by atoms with Gasteiger partial charge in [0.05, 0.1) is 45.2 Å². The summed E-state index contributed by atoms with van der Waals surface area (Å²) in [6.07, 6.45) is 2.66. The third kappa shape index (κ3) is 3.86. The van der Waals surface area contributed by atoms with E-state index in [1.54, 1.807) is 54.6 Å². The number of hydrogen-bond acceptors (Lipinski definition) is 6. The first-order chi connectivity index (χ1) is 20.7. The number of para-hydroxylation sites is 2. The number of benzene rings is 3. The number of amides is 4. The summed E-state index contributed by atoms with van der Waals surface area (Å²) in [5.41, 5.74) is 1.47. The maximum atomic E-state index is 14.5. The van der Waals surface area contributed by atoms with Crippen molar-refractivity contribution in [1.82, 2.24) is 0 Å². The van der Waals surface area contributed by atoms with Crippen LogP contribution in [0.2, 0.25) is 0 Å². The highest BCUT2D eigenvalue weighted by atomic mass is 127. The fraction of sp³-hybridized carbons (Fsp3) is 0.294. The van der Waals surface area contributed by atoms with E-state index in [1.165, 1.54) is 16.9 Å². The Bertz CT molecular complexity index is 1720. The zero-order chi connectivity index (χ0) is 30.2. The van der Waals surface area contributed by atoms with E-state index in [0.29, 0.717) is 26.9 Å². The number of fused-ring (bicyclic) bond motifs is 4. The molecule has 1 N–H and O–H groups in total. The van der Waals surface area contributed by atoms with Gasteiger partial charge in [-0.25, -0.2) is 4.90 Å². The van der Waals surface area contributed by atoms with Crippen molar-refractivity contribution in [3.8, 4) is 11.5 Å². The Hall–Kier alpha value is -3.99. The van der Waals surface area contributed by atoms with Crippen molar-refractivity contribution >= 4 is 57.6 Å². The number of halogens is 1. The van der Waals surface area contributed by atoms with Crippen molar-refractivity contribution in [2.24, 2.45) is 29.1 Å². The molecule has 0 spiro atoms. The number of phenols is 1. The summed E-state index contributed by atoms with van der Waals surface area (Å²) in [7, 11) is 1.47. The summed E-state index contributed by atoms with van der Waals surface area (Å²) in [6.45, 7) is 1.85. The Morgan fingerprint density at radius 1 is 0.860 bits per heavy atom. The van der Waals surface area contributed by atoms with Crippen LogP contribution < -0.4 is 14.5 Å². The number of imide groups is 2. The standard InChI is InChI=1S/C34H29IN2O6/c1-34-24(31(40)37(33(34)42)20-11-7-4-8-12-20)17-23-21(28(34)18-15-25(35)29(38)26(16-18)43-2)13-14-22-27(23)32(41)36(30(22)39)19-9-5-3-6-10-19/h3-13,15-16,22-24,27-28,38H,14,17H2,1-2H3. The van der Waals surface area contributed by atoms with Gasteiger partial charge in [-0.1, -0.05) is 48.0 Å². The van der Waals surface area contributed by atoms with Gasteiger partial charge in [0.2, 0.25) is 23.6 Å². The second-order valence-corrected chi connectivity index (χ2v) is 13.1. The summed E-state index contributed by atoms with van der Waals surface area (Å²) >= 11 is 2.03. The van der Waals surface area contributed by atoms with Crippen LogP contribution >= 0.6 is 22.6 Å². The van der Waals surface area contributed by atoms with Gasteiger partial charge >= 0.3 is 0 Å². The van der Waals surface area contributed by atoms with Crippen molar-refractivity contribution in [2.45, 2.75) is 25.7 Å². The molecule has 3 aromatic carbocycles. The Morgan fingerprint density at radius 2 is 1.49 bits per heavy atom. The van der Waals surface area contributed by atoms with Gasteiger partial charge in [-0.15, -0.1) is 0 Å². The van der Waals surface area contributed by atoms with Crippen molar-refractivity contribution in [1.29, 1.82) is 0 Å². The molecular weight excluding hydrogens is 659 g/mol. The predicted molar refractivity (Wildman–Crippen MR) is 167 cm³/mol. The summed E-state index contributed by atoms with van der Waals surface area (Å²) in [4.78, 5) is 59.1. The quantitative estimate of drug-likeness (QED) is 0.223. The fourth-order valence-corrected chi connectivity index (χ4v) is 8.59. The van der Waals surface area contributed by atoms with E-state index in [2.05, 4.69) is 0 Å². The van der Waals surface area contributed by atoms with Gasteiger partial charge in [0.25, 0.3) is 0 Å². The smallest absolute Gasteiger partial charge is 0.241 e. The molecule has 3 fully saturated rings. The molecule has 0 aromatic heterocycles. The second kappa shape index (κ2) is 10.0.